The van der Waals surface area contributed by atoms with Crippen molar-refractivity contribution >= 4 is 23.4 Å². The molecule has 1 aromatic rings. The minimum atomic E-state index is -0.900. The first-order chi connectivity index (χ1) is 9.58. The molecule has 0 spiro atoms. The fourth-order valence-corrected chi connectivity index (χ4v) is 3.45. The lowest BCUT2D eigenvalue weighted by atomic mass is 10.1. The molecule has 4 nitrogen and oxygen atoms in total. The van der Waals surface area contributed by atoms with Gasteiger partial charge in [-0.05, 0) is 36.6 Å². The van der Waals surface area contributed by atoms with E-state index in [-0.39, 0.29) is 0 Å². The molecule has 1 atom stereocenters. The molecule has 0 aromatic carbocycles. The summed E-state index contributed by atoms with van der Waals surface area (Å²) in [5.41, 5.74) is 0.980. The largest absolute Gasteiger partial charge is 0.478 e. The highest BCUT2D eigenvalue weighted by molar-refractivity contribution is 7.10. The van der Waals surface area contributed by atoms with Gasteiger partial charge in [-0.25, -0.2) is 4.79 Å². The van der Waals surface area contributed by atoms with Gasteiger partial charge in [-0.15, -0.1) is 11.3 Å². The number of nitrogens with zero attached hydrogens (tertiary/aromatic N) is 2. The average molecular weight is 294 g/mol. The van der Waals surface area contributed by atoms with E-state index in [4.69, 9.17) is 5.11 Å². The second kappa shape index (κ2) is 7.02. The fourth-order valence-electron chi connectivity index (χ4n) is 2.55. The Labute approximate surface area is 124 Å². The normalized spacial score (nSPS) is 21.6. The predicted octanol–water partition coefficient (Wildman–Crippen LogP) is 2.37. The zero-order chi connectivity index (χ0) is 14.5. The van der Waals surface area contributed by atoms with E-state index in [1.165, 1.54) is 17.4 Å². The molecule has 1 unspecified atom stereocenters. The lowest BCUT2D eigenvalue weighted by Gasteiger charge is -2.38. The number of hydrogen-bond acceptors (Lipinski definition) is 4. The zero-order valence-corrected chi connectivity index (χ0v) is 12.9. The van der Waals surface area contributed by atoms with Crippen LogP contribution in [-0.4, -0.2) is 53.6 Å². The van der Waals surface area contributed by atoms with E-state index >= 15 is 0 Å². The van der Waals surface area contributed by atoms with E-state index in [2.05, 4.69) is 29.8 Å². The smallest absolute Gasteiger partial charge is 0.328 e. The van der Waals surface area contributed by atoms with Crippen molar-refractivity contribution in [2.24, 2.45) is 0 Å². The maximum Gasteiger partial charge on any atom is 0.328 e. The SMILES string of the molecule is CCC1CN(Cc2cc(C=CC(=O)O)cs2)CCN1C. The van der Waals surface area contributed by atoms with Crippen LogP contribution in [0.15, 0.2) is 17.5 Å². The van der Waals surface area contributed by atoms with E-state index < -0.39 is 5.97 Å². The van der Waals surface area contributed by atoms with Crippen LogP contribution in [0.1, 0.15) is 23.8 Å². The van der Waals surface area contributed by atoms with Crippen LogP contribution >= 0.6 is 11.3 Å². The van der Waals surface area contributed by atoms with Gasteiger partial charge in [-0.3, -0.25) is 4.90 Å². The van der Waals surface area contributed by atoms with Gasteiger partial charge in [-0.2, -0.15) is 0 Å². The molecule has 1 aliphatic rings. The van der Waals surface area contributed by atoms with Gasteiger partial charge in [0.05, 0.1) is 0 Å². The van der Waals surface area contributed by atoms with E-state index in [1.807, 2.05) is 5.38 Å². The molecule has 0 aliphatic carbocycles. The number of likely N-dealkylation sites (N-methyl/N-ethyl adjacent to an activating group) is 1. The number of thiophene rings is 1. The molecule has 1 aliphatic heterocycles. The summed E-state index contributed by atoms with van der Waals surface area (Å²) in [6.45, 7) is 6.55. The van der Waals surface area contributed by atoms with Crippen molar-refractivity contribution in [3.05, 3.63) is 28.0 Å². The van der Waals surface area contributed by atoms with Crippen LogP contribution in [0.25, 0.3) is 6.08 Å². The second-order valence-corrected chi connectivity index (χ2v) is 6.29. The standard InChI is InChI=1S/C15H22N2O2S/c1-3-13-9-17(7-6-16(13)2)10-14-8-12(11-20-14)4-5-15(18)19/h4-5,8,11,13H,3,6-7,9-10H2,1-2H3,(H,18,19). The number of piperazine rings is 1. The maximum atomic E-state index is 10.5. The van der Waals surface area contributed by atoms with Crippen molar-refractivity contribution in [2.45, 2.75) is 25.9 Å². The number of aliphatic carboxylic acids is 1. The predicted molar refractivity (Wildman–Crippen MR) is 83.0 cm³/mol. The van der Waals surface area contributed by atoms with Crippen molar-refractivity contribution < 1.29 is 9.90 Å². The molecule has 1 aromatic heterocycles. The number of rotatable bonds is 5. The van der Waals surface area contributed by atoms with Gasteiger partial charge in [-0.1, -0.05) is 6.92 Å². The van der Waals surface area contributed by atoms with Gasteiger partial charge in [0.2, 0.25) is 0 Å². The van der Waals surface area contributed by atoms with Gasteiger partial charge in [0.15, 0.2) is 0 Å². The van der Waals surface area contributed by atoms with Gasteiger partial charge in [0, 0.05) is 43.2 Å². The third-order valence-corrected chi connectivity index (χ3v) is 4.74. The molecule has 1 saturated heterocycles. The minimum Gasteiger partial charge on any atom is -0.478 e. The number of hydrogen-bond donors (Lipinski definition) is 1. The van der Waals surface area contributed by atoms with Crippen molar-refractivity contribution in [3.8, 4) is 0 Å². The van der Waals surface area contributed by atoms with Gasteiger partial charge in [0.1, 0.15) is 0 Å². The maximum absolute atomic E-state index is 10.5. The molecule has 1 N–H and O–H groups in total. The summed E-state index contributed by atoms with van der Waals surface area (Å²) in [4.78, 5) is 16.7. The van der Waals surface area contributed by atoms with Crippen molar-refractivity contribution in [2.75, 3.05) is 26.7 Å². The highest BCUT2D eigenvalue weighted by Gasteiger charge is 2.22. The molecule has 1 fully saturated rings. The van der Waals surface area contributed by atoms with Crippen LogP contribution in [0.5, 0.6) is 0 Å². The van der Waals surface area contributed by atoms with Crippen LogP contribution in [0, 0.1) is 0 Å². The zero-order valence-electron chi connectivity index (χ0n) is 12.1. The summed E-state index contributed by atoms with van der Waals surface area (Å²) in [6, 6.07) is 2.73. The molecule has 2 heterocycles. The molecule has 0 bridgehead atoms. The second-order valence-electron chi connectivity index (χ2n) is 5.30. The highest BCUT2D eigenvalue weighted by atomic mass is 32.1. The van der Waals surface area contributed by atoms with Gasteiger partial charge in [0.25, 0.3) is 0 Å². The molecule has 0 amide bonds. The Morgan fingerprint density at radius 2 is 2.35 bits per heavy atom. The monoisotopic (exact) mass is 294 g/mol. The first-order valence-electron chi connectivity index (χ1n) is 6.99. The lowest BCUT2D eigenvalue weighted by Crippen LogP contribution is -2.50. The first kappa shape index (κ1) is 15.2. The summed E-state index contributed by atoms with van der Waals surface area (Å²) >= 11 is 1.71. The van der Waals surface area contributed by atoms with E-state index in [9.17, 15) is 4.79 Å². The van der Waals surface area contributed by atoms with Crippen LogP contribution < -0.4 is 0 Å². The Balaban J connectivity index is 1.92. The number of carbonyl (C=O) groups is 1. The number of carboxylic acids is 1. The Hall–Kier alpha value is -1.17. The average Bonchev–Trinajstić information content (AvgIpc) is 2.86. The van der Waals surface area contributed by atoms with Crippen molar-refractivity contribution in [1.29, 1.82) is 0 Å². The molecule has 20 heavy (non-hydrogen) atoms. The molecular weight excluding hydrogens is 272 g/mol. The Kier molecular flexibility index (Phi) is 5.34. The molecule has 5 heteroatoms. The first-order valence-corrected chi connectivity index (χ1v) is 7.87. The van der Waals surface area contributed by atoms with E-state index in [0.29, 0.717) is 6.04 Å². The Morgan fingerprint density at radius 3 is 3.05 bits per heavy atom. The molecule has 110 valence electrons. The van der Waals surface area contributed by atoms with Gasteiger partial charge >= 0.3 is 5.97 Å². The third-order valence-electron chi connectivity index (χ3n) is 3.80. The summed E-state index contributed by atoms with van der Waals surface area (Å²) in [5.74, 6) is -0.900. The lowest BCUT2D eigenvalue weighted by molar-refractivity contribution is -0.131. The molecular formula is C15H22N2O2S. The van der Waals surface area contributed by atoms with Gasteiger partial charge < -0.3 is 10.0 Å². The summed E-state index contributed by atoms with van der Waals surface area (Å²) in [5, 5.41) is 10.6. The van der Waals surface area contributed by atoms with E-state index in [1.54, 1.807) is 17.4 Å². The Morgan fingerprint density at radius 1 is 1.55 bits per heavy atom. The van der Waals surface area contributed by atoms with E-state index in [0.717, 1.165) is 31.7 Å². The third kappa shape index (κ3) is 4.16. The van der Waals surface area contributed by atoms with Crippen LogP contribution in [0.4, 0.5) is 0 Å². The summed E-state index contributed by atoms with van der Waals surface area (Å²) in [7, 11) is 2.20. The number of carboxylic acid groups (broad SMARTS) is 1. The van der Waals surface area contributed by atoms with Crippen molar-refractivity contribution in [1.82, 2.24) is 9.80 Å². The quantitative estimate of drug-likeness (QED) is 0.847. The summed E-state index contributed by atoms with van der Waals surface area (Å²) in [6.07, 6.45) is 4.03. The van der Waals surface area contributed by atoms with Crippen molar-refractivity contribution in [3.63, 3.8) is 0 Å². The minimum absolute atomic E-state index is 0.648. The highest BCUT2D eigenvalue weighted by Crippen LogP contribution is 2.20. The topological polar surface area (TPSA) is 43.8 Å². The fraction of sp³-hybridized carbons (Fsp3) is 0.533. The van der Waals surface area contributed by atoms with Crippen LogP contribution in [-0.2, 0) is 11.3 Å². The van der Waals surface area contributed by atoms with Crippen LogP contribution in [0.2, 0.25) is 0 Å². The summed E-state index contributed by atoms with van der Waals surface area (Å²) < 4.78 is 0. The Bertz CT molecular complexity index is 484. The molecule has 2 rings (SSSR count). The molecule has 0 radical (unpaired) electrons. The van der Waals surface area contributed by atoms with Crippen LogP contribution in [0.3, 0.4) is 0 Å². The molecule has 0 saturated carbocycles.